The minimum atomic E-state index is -0.917. The van der Waals surface area contributed by atoms with E-state index < -0.39 is 17.6 Å². The fraction of sp³-hybridized carbons (Fsp3) is 0.158. The van der Waals surface area contributed by atoms with Gasteiger partial charge in [0, 0.05) is 11.3 Å². The lowest BCUT2D eigenvalue weighted by Crippen LogP contribution is -2.28. The van der Waals surface area contributed by atoms with E-state index in [9.17, 15) is 14.7 Å². The van der Waals surface area contributed by atoms with E-state index in [1.165, 1.54) is 16.9 Å². The van der Waals surface area contributed by atoms with E-state index >= 15 is 0 Å². The average molecular weight is 337 g/mol. The summed E-state index contributed by atoms with van der Waals surface area (Å²) in [4.78, 5) is 25.1. The number of furan rings is 1. The number of aromatic nitrogens is 1. The van der Waals surface area contributed by atoms with Crippen molar-refractivity contribution in [1.82, 2.24) is 4.57 Å². The van der Waals surface area contributed by atoms with Crippen molar-refractivity contribution in [3.63, 3.8) is 0 Å². The average Bonchev–Trinajstić information content (AvgIpc) is 3.21. The molecule has 3 heterocycles. The first-order chi connectivity index (χ1) is 12.1. The molecule has 6 nitrogen and oxygen atoms in total. The summed E-state index contributed by atoms with van der Waals surface area (Å²) in [5.41, 5.74) is 1.21. The molecule has 0 fully saturated rings. The Kier molecular flexibility index (Phi) is 3.46. The molecular formula is C19H15NO5. The van der Waals surface area contributed by atoms with Gasteiger partial charge in [-0.15, -0.1) is 0 Å². The van der Waals surface area contributed by atoms with E-state index in [-0.39, 0.29) is 17.9 Å². The van der Waals surface area contributed by atoms with Crippen LogP contribution in [0.5, 0.6) is 5.75 Å². The van der Waals surface area contributed by atoms with Gasteiger partial charge in [0.15, 0.2) is 6.10 Å². The summed E-state index contributed by atoms with van der Waals surface area (Å²) < 4.78 is 12.2. The maximum absolute atomic E-state index is 13.0. The van der Waals surface area contributed by atoms with E-state index in [0.717, 1.165) is 0 Å². The van der Waals surface area contributed by atoms with Crippen LogP contribution >= 0.6 is 0 Å². The monoisotopic (exact) mass is 337 g/mol. The van der Waals surface area contributed by atoms with Gasteiger partial charge in [-0.05, 0) is 31.2 Å². The molecule has 25 heavy (non-hydrogen) atoms. The fourth-order valence-corrected chi connectivity index (χ4v) is 3.13. The van der Waals surface area contributed by atoms with E-state index in [2.05, 4.69) is 0 Å². The summed E-state index contributed by atoms with van der Waals surface area (Å²) in [5.74, 6) is -0.0732. The van der Waals surface area contributed by atoms with Crippen LogP contribution in [0.15, 0.2) is 57.9 Å². The number of hydrogen-bond donors (Lipinski definition) is 1. The molecular weight excluding hydrogens is 322 g/mol. The first kappa shape index (κ1) is 15.3. The van der Waals surface area contributed by atoms with Gasteiger partial charge in [-0.25, -0.2) is 4.79 Å². The van der Waals surface area contributed by atoms with Crippen molar-refractivity contribution in [2.75, 3.05) is 0 Å². The van der Waals surface area contributed by atoms with Gasteiger partial charge in [0.05, 0.1) is 18.4 Å². The molecule has 0 saturated heterocycles. The molecule has 1 N–H and O–H groups in total. The van der Waals surface area contributed by atoms with Crippen molar-refractivity contribution >= 4 is 5.97 Å². The van der Waals surface area contributed by atoms with E-state index in [4.69, 9.17) is 9.15 Å². The number of nitrogens with zero attached hydrogens (tertiary/aromatic N) is 1. The molecule has 2 aromatic heterocycles. The third-order valence-electron chi connectivity index (χ3n) is 4.37. The van der Waals surface area contributed by atoms with Crippen LogP contribution in [0, 0.1) is 6.92 Å². The summed E-state index contributed by atoms with van der Waals surface area (Å²) in [6, 6.07) is 11.9. The molecule has 6 heteroatoms. The smallest absolute Gasteiger partial charge is 0.339 e. The molecule has 3 aromatic rings. The first-order valence-corrected chi connectivity index (χ1v) is 7.82. The zero-order valence-electron chi connectivity index (χ0n) is 13.4. The summed E-state index contributed by atoms with van der Waals surface area (Å²) in [5, 5.41) is 10.4. The molecule has 1 unspecified atom stereocenters. The standard InChI is InChI=1S/C19H15NO5/c1-11-9-15(21)16(18(22)20(11)10-12-5-4-8-24-12)17-13-6-2-3-7-14(13)19(23)25-17/h2-9,17,21H,10H2,1H3. The number of aryl methyl sites for hydroxylation is 1. The van der Waals surface area contributed by atoms with Gasteiger partial charge in [-0.3, -0.25) is 4.79 Å². The molecule has 0 bridgehead atoms. The van der Waals surface area contributed by atoms with Gasteiger partial charge in [0.1, 0.15) is 17.1 Å². The molecule has 1 aliphatic heterocycles. The number of ether oxygens (including phenoxy) is 1. The third-order valence-corrected chi connectivity index (χ3v) is 4.37. The molecule has 4 rings (SSSR count). The van der Waals surface area contributed by atoms with E-state index in [1.54, 1.807) is 43.3 Å². The van der Waals surface area contributed by atoms with Crippen LogP contribution in [0.3, 0.4) is 0 Å². The second-order valence-electron chi connectivity index (χ2n) is 5.93. The number of benzene rings is 1. The van der Waals surface area contributed by atoms with E-state index in [0.29, 0.717) is 22.6 Å². The Morgan fingerprint density at radius 1 is 1.16 bits per heavy atom. The highest BCUT2D eigenvalue weighted by molar-refractivity contribution is 5.94. The zero-order chi connectivity index (χ0) is 17.6. The number of esters is 1. The lowest BCUT2D eigenvalue weighted by atomic mass is 9.99. The van der Waals surface area contributed by atoms with Gasteiger partial charge in [-0.1, -0.05) is 18.2 Å². The normalized spacial score (nSPS) is 15.9. The number of carbonyl (C=O) groups excluding carboxylic acids is 1. The number of pyridine rings is 1. The largest absolute Gasteiger partial charge is 0.507 e. The Morgan fingerprint density at radius 3 is 2.72 bits per heavy atom. The number of hydrogen-bond acceptors (Lipinski definition) is 5. The quantitative estimate of drug-likeness (QED) is 0.743. The molecule has 0 saturated carbocycles. The Bertz CT molecular complexity index is 1020. The van der Waals surface area contributed by atoms with Crippen LogP contribution in [0.25, 0.3) is 0 Å². The number of carbonyl (C=O) groups is 1. The maximum Gasteiger partial charge on any atom is 0.339 e. The molecule has 0 radical (unpaired) electrons. The van der Waals surface area contributed by atoms with Crippen LogP contribution in [0.1, 0.15) is 39.0 Å². The van der Waals surface area contributed by atoms with Crippen molar-refractivity contribution in [1.29, 1.82) is 0 Å². The van der Waals surface area contributed by atoms with Crippen LogP contribution in [0.4, 0.5) is 0 Å². The molecule has 0 spiro atoms. The van der Waals surface area contributed by atoms with Crippen LogP contribution in [-0.4, -0.2) is 15.6 Å². The Balaban J connectivity index is 1.86. The number of cyclic esters (lactones) is 1. The topological polar surface area (TPSA) is 81.7 Å². The lowest BCUT2D eigenvalue weighted by Gasteiger charge is -2.16. The van der Waals surface area contributed by atoms with Crippen molar-refractivity contribution in [2.45, 2.75) is 19.6 Å². The lowest BCUT2D eigenvalue weighted by molar-refractivity contribution is 0.0450. The minimum absolute atomic E-state index is 0.0513. The molecule has 0 aliphatic carbocycles. The summed E-state index contributed by atoms with van der Waals surface area (Å²) in [6.45, 7) is 1.95. The first-order valence-electron chi connectivity index (χ1n) is 7.82. The second kappa shape index (κ2) is 5.66. The Labute approximate surface area is 142 Å². The molecule has 1 atom stereocenters. The number of fused-ring (bicyclic) bond motifs is 1. The van der Waals surface area contributed by atoms with Crippen LogP contribution in [0.2, 0.25) is 0 Å². The highest BCUT2D eigenvalue weighted by Crippen LogP contribution is 2.37. The maximum atomic E-state index is 13.0. The molecule has 1 aromatic carbocycles. The molecule has 0 amide bonds. The van der Waals surface area contributed by atoms with Gasteiger partial charge < -0.3 is 18.8 Å². The molecule has 126 valence electrons. The van der Waals surface area contributed by atoms with Crippen molar-refractivity contribution < 1.29 is 19.1 Å². The van der Waals surface area contributed by atoms with Crippen LogP contribution < -0.4 is 5.56 Å². The second-order valence-corrected chi connectivity index (χ2v) is 5.93. The van der Waals surface area contributed by atoms with Crippen molar-refractivity contribution in [3.05, 3.63) is 87.2 Å². The van der Waals surface area contributed by atoms with Crippen molar-refractivity contribution in [2.24, 2.45) is 0 Å². The predicted octanol–water partition coefficient (Wildman–Crippen LogP) is 2.76. The van der Waals surface area contributed by atoms with Crippen molar-refractivity contribution in [3.8, 4) is 5.75 Å². The third kappa shape index (κ3) is 2.42. The van der Waals surface area contributed by atoms with Gasteiger partial charge in [0.25, 0.3) is 5.56 Å². The number of aromatic hydroxyl groups is 1. The highest BCUT2D eigenvalue weighted by atomic mass is 16.5. The van der Waals surface area contributed by atoms with Gasteiger partial charge in [0.2, 0.25) is 0 Å². The molecule has 1 aliphatic rings. The zero-order valence-corrected chi connectivity index (χ0v) is 13.4. The Hall–Kier alpha value is -3.28. The van der Waals surface area contributed by atoms with Gasteiger partial charge >= 0.3 is 5.97 Å². The van der Waals surface area contributed by atoms with E-state index in [1.807, 2.05) is 0 Å². The minimum Gasteiger partial charge on any atom is -0.507 e. The van der Waals surface area contributed by atoms with Crippen LogP contribution in [-0.2, 0) is 11.3 Å². The summed E-state index contributed by atoms with van der Waals surface area (Å²) >= 11 is 0. The summed E-state index contributed by atoms with van der Waals surface area (Å²) in [7, 11) is 0. The predicted molar refractivity (Wildman–Crippen MR) is 88.6 cm³/mol. The summed E-state index contributed by atoms with van der Waals surface area (Å²) in [6.07, 6.45) is 0.617. The SMILES string of the molecule is Cc1cc(O)c(C2OC(=O)c3ccccc32)c(=O)n1Cc1ccco1. The number of rotatable bonds is 3. The van der Waals surface area contributed by atoms with Gasteiger partial charge in [-0.2, -0.15) is 0 Å². The Morgan fingerprint density at radius 2 is 1.96 bits per heavy atom. The highest BCUT2D eigenvalue weighted by Gasteiger charge is 2.36. The fourth-order valence-electron chi connectivity index (χ4n) is 3.13.